The maximum absolute atomic E-state index is 6.19. The number of nitrogens with two attached hydrogens (primary N) is 1. The van der Waals surface area contributed by atoms with Gasteiger partial charge in [0.25, 0.3) is 0 Å². The van der Waals surface area contributed by atoms with Gasteiger partial charge in [0.05, 0.1) is 0 Å². The molecule has 0 radical (unpaired) electrons. The molecule has 2 N–H and O–H groups in total. The van der Waals surface area contributed by atoms with Crippen LogP contribution in [-0.2, 0) is 4.74 Å². The Morgan fingerprint density at radius 1 is 1.38 bits per heavy atom. The molecule has 3 atom stereocenters. The summed E-state index contributed by atoms with van der Waals surface area (Å²) in [5.41, 5.74) is 6.19. The van der Waals surface area contributed by atoms with Crippen LogP contribution in [0.1, 0.15) is 32.6 Å². The smallest absolute Gasteiger partial charge is 0.0474 e. The lowest BCUT2D eigenvalue weighted by Crippen LogP contribution is -2.42. The second-order valence-electron chi connectivity index (χ2n) is 5.45. The van der Waals surface area contributed by atoms with E-state index in [-0.39, 0.29) is 0 Å². The van der Waals surface area contributed by atoms with Crippen molar-refractivity contribution in [2.45, 2.75) is 38.6 Å². The molecule has 1 aliphatic rings. The molecule has 96 valence electrons. The zero-order chi connectivity index (χ0) is 12.0. The van der Waals surface area contributed by atoms with Gasteiger partial charge in [0.15, 0.2) is 0 Å². The average Bonchev–Trinajstić information content (AvgIpc) is 2.24. The molecule has 0 spiro atoms. The molecule has 0 aromatic heterocycles. The average molecular weight is 228 g/mol. The summed E-state index contributed by atoms with van der Waals surface area (Å²) in [6.07, 6.45) is 4.93. The predicted molar refractivity (Wildman–Crippen MR) is 68.5 cm³/mol. The topological polar surface area (TPSA) is 38.5 Å². The zero-order valence-corrected chi connectivity index (χ0v) is 11.1. The van der Waals surface area contributed by atoms with Crippen LogP contribution >= 0.6 is 0 Å². The van der Waals surface area contributed by atoms with Crippen LogP contribution in [0.3, 0.4) is 0 Å². The lowest BCUT2D eigenvalue weighted by Gasteiger charge is -2.35. The molecular weight excluding hydrogens is 200 g/mol. The van der Waals surface area contributed by atoms with E-state index in [2.05, 4.69) is 18.9 Å². The Balaban J connectivity index is 2.23. The highest BCUT2D eigenvalue weighted by molar-refractivity contribution is 4.82. The summed E-state index contributed by atoms with van der Waals surface area (Å²) < 4.78 is 5.07. The predicted octanol–water partition coefficient (Wildman–Crippen LogP) is 1.72. The number of rotatable bonds is 6. The lowest BCUT2D eigenvalue weighted by molar-refractivity contribution is 0.154. The quantitative estimate of drug-likeness (QED) is 0.704. The fraction of sp³-hybridized carbons (Fsp3) is 1.00. The molecule has 1 aliphatic carbocycles. The van der Waals surface area contributed by atoms with E-state index in [4.69, 9.17) is 10.5 Å². The van der Waals surface area contributed by atoms with Gasteiger partial charge in [-0.3, -0.25) is 0 Å². The molecule has 1 fully saturated rings. The van der Waals surface area contributed by atoms with Crippen molar-refractivity contribution in [2.24, 2.45) is 17.6 Å². The Morgan fingerprint density at radius 2 is 2.12 bits per heavy atom. The summed E-state index contributed by atoms with van der Waals surface area (Å²) in [6, 6.07) is 0.418. The second-order valence-corrected chi connectivity index (χ2v) is 5.45. The van der Waals surface area contributed by atoms with Gasteiger partial charge in [-0.15, -0.1) is 0 Å². The largest absolute Gasteiger partial charge is 0.385 e. The Hall–Kier alpha value is -0.120. The summed E-state index contributed by atoms with van der Waals surface area (Å²) in [7, 11) is 3.96. The number of ether oxygens (including phenoxy) is 1. The molecule has 0 heterocycles. The van der Waals surface area contributed by atoms with Crippen molar-refractivity contribution >= 4 is 0 Å². The number of hydrogen-bond donors (Lipinski definition) is 1. The minimum Gasteiger partial charge on any atom is -0.385 e. The molecule has 0 aliphatic heterocycles. The molecule has 3 unspecified atom stereocenters. The van der Waals surface area contributed by atoms with Gasteiger partial charge in [-0.05, 0) is 44.6 Å². The normalized spacial score (nSPS) is 30.9. The van der Waals surface area contributed by atoms with Crippen molar-refractivity contribution < 1.29 is 4.74 Å². The molecule has 16 heavy (non-hydrogen) atoms. The van der Waals surface area contributed by atoms with Crippen LogP contribution in [0.4, 0.5) is 0 Å². The van der Waals surface area contributed by atoms with Crippen LogP contribution in [0.15, 0.2) is 0 Å². The third-order valence-electron chi connectivity index (χ3n) is 3.74. The molecule has 0 aromatic carbocycles. The van der Waals surface area contributed by atoms with Gasteiger partial charge in [0.2, 0.25) is 0 Å². The van der Waals surface area contributed by atoms with Gasteiger partial charge in [0.1, 0.15) is 0 Å². The highest BCUT2D eigenvalue weighted by Crippen LogP contribution is 2.28. The van der Waals surface area contributed by atoms with Gasteiger partial charge in [0, 0.05) is 32.8 Å². The zero-order valence-electron chi connectivity index (χ0n) is 11.1. The SMILES string of the molecule is COCCCN(C)CC1CC(C)CCC1N. The Bertz CT molecular complexity index is 187. The van der Waals surface area contributed by atoms with Crippen molar-refractivity contribution in [1.29, 1.82) is 0 Å². The second kappa shape index (κ2) is 7.25. The summed E-state index contributed by atoms with van der Waals surface area (Å²) in [5.74, 6) is 1.55. The fourth-order valence-electron chi connectivity index (χ4n) is 2.70. The van der Waals surface area contributed by atoms with Gasteiger partial charge in [-0.1, -0.05) is 6.92 Å². The number of nitrogens with zero attached hydrogens (tertiary/aromatic N) is 1. The van der Waals surface area contributed by atoms with Crippen LogP contribution in [-0.4, -0.2) is 44.8 Å². The van der Waals surface area contributed by atoms with E-state index in [0.29, 0.717) is 12.0 Å². The molecular formula is C13H28N2O. The molecule has 0 amide bonds. The third kappa shape index (κ3) is 4.81. The molecule has 0 saturated heterocycles. The molecule has 3 heteroatoms. The van der Waals surface area contributed by atoms with E-state index in [9.17, 15) is 0 Å². The molecule has 1 saturated carbocycles. The first kappa shape index (κ1) is 13.9. The highest BCUT2D eigenvalue weighted by atomic mass is 16.5. The summed E-state index contributed by atoms with van der Waals surface area (Å²) >= 11 is 0. The Morgan fingerprint density at radius 3 is 2.81 bits per heavy atom. The van der Waals surface area contributed by atoms with Crippen LogP contribution in [0.25, 0.3) is 0 Å². The third-order valence-corrected chi connectivity index (χ3v) is 3.74. The Kier molecular flexibility index (Phi) is 6.32. The molecule has 0 bridgehead atoms. The van der Waals surface area contributed by atoms with E-state index in [1.165, 1.54) is 19.3 Å². The van der Waals surface area contributed by atoms with Crippen molar-refractivity contribution in [3.8, 4) is 0 Å². The van der Waals surface area contributed by atoms with E-state index in [1.807, 2.05) is 0 Å². The summed E-state index contributed by atoms with van der Waals surface area (Å²) in [5, 5.41) is 0. The van der Waals surface area contributed by atoms with E-state index < -0.39 is 0 Å². The monoisotopic (exact) mass is 228 g/mol. The van der Waals surface area contributed by atoms with Crippen molar-refractivity contribution in [2.75, 3.05) is 33.9 Å². The van der Waals surface area contributed by atoms with Crippen LogP contribution in [0, 0.1) is 11.8 Å². The molecule has 3 nitrogen and oxygen atoms in total. The Labute approximate surface area is 100 Å². The summed E-state index contributed by atoms with van der Waals surface area (Å²) in [4.78, 5) is 2.40. The standard InChI is InChI=1S/C13H28N2O/c1-11-5-6-13(14)12(9-11)10-15(2)7-4-8-16-3/h11-13H,4-10,14H2,1-3H3. The summed E-state index contributed by atoms with van der Waals surface area (Å²) in [6.45, 7) is 5.47. The number of methoxy groups -OCH3 is 1. The van der Waals surface area contributed by atoms with Crippen molar-refractivity contribution in [3.63, 3.8) is 0 Å². The molecule has 0 aromatic rings. The highest BCUT2D eigenvalue weighted by Gasteiger charge is 2.26. The minimum atomic E-state index is 0.418. The van der Waals surface area contributed by atoms with Crippen LogP contribution < -0.4 is 5.73 Å². The van der Waals surface area contributed by atoms with Crippen molar-refractivity contribution in [1.82, 2.24) is 4.90 Å². The first-order valence-corrected chi connectivity index (χ1v) is 6.56. The van der Waals surface area contributed by atoms with E-state index >= 15 is 0 Å². The van der Waals surface area contributed by atoms with E-state index in [0.717, 1.165) is 32.0 Å². The maximum Gasteiger partial charge on any atom is 0.0474 e. The lowest BCUT2D eigenvalue weighted by atomic mass is 9.79. The molecule has 1 rings (SSSR count). The first-order valence-electron chi connectivity index (χ1n) is 6.56. The maximum atomic E-state index is 6.19. The fourth-order valence-corrected chi connectivity index (χ4v) is 2.70. The van der Waals surface area contributed by atoms with Gasteiger partial charge < -0.3 is 15.4 Å². The van der Waals surface area contributed by atoms with Crippen molar-refractivity contribution in [3.05, 3.63) is 0 Å². The van der Waals surface area contributed by atoms with Gasteiger partial charge in [-0.2, -0.15) is 0 Å². The first-order chi connectivity index (χ1) is 7.63. The van der Waals surface area contributed by atoms with Crippen LogP contribution in [0.2, 0.25) is 0 Å². The number of hydrogen-bond acceptors (Lipinski definition) is 3. The van der Waals surface area contributed by atoms with Gasteiger partial charge in [-0.25, -0.2) is 0 Å². The minimum absolute atomic E-state index is 0.418. The van der Waals surface area contributed by atoms with Crippen LogP contribution in [0.5, 0.6) is 0 Å². The van der Waals surface area contributed by atoms with Gasteiger partial charge >= 0.3 is 0 Å². The van der Waals surface area contributed by atoms with E-state index in [1.54, 1.807) is 7.11 Å².